The lowest BCUT2D eigenvalue weighted by Crippen LogP contribution is -2.37. The minimum atomic E-state index is -0.438. The SMILES string of the molecule is CC(C)C1(OC(=O)c2cc(I)cc(OCCOCCl)c2OCCOCCl)CCCC1. The summed E-state index contributed by atoms with van der Waals surface area (Å²) in [5.74, 6) is 0.611. The third-order valence-electron chi connectivity index (χ3n) is 5.15. The van der Waals surface area contributed by atoms with E-state index in [9.17, 15) is 4.79 Å². The second kappa shape index (κ2) is 13.2. The molecule has 0 heterocycles. The van der Waals surface area contributed by atoms with Gasteiger partial charge in [-0.1, -0.05) is 37.0 Å². The number of hydrogen-bond donors (Lipinski definition) is 0. The zero-order valence-electron chi connectivity index (χ0n) is 17.4. The minimum Gasteiger partial charge on any atom is -0.487 e. The fourth-order valence-corrected chi connectivity index (χ4v) is 4.32. The van der Waals surface area contributed by atoms with Crippen molar-refractivity contribution in [2.24, 2.45) is 5.92 Å². The van der Waals surface area contributed by atoms with Crippen molar-refractivity contribution in [2.45, 2.75) is 45.1 Å². The average Bonchev–Trinajstić information content (AvgIpc) is 3.19. The Bertz CT molecular complexity index is 680. The normalized spacial score (nSPS) is 15.4. The first kappa shape index (κ1) is 25.8. The van der Waals surface area contributed by atoms with Crippen LogP contribution in [0.25, 0.3) is 0 Å². The molecule has 1 aromatic carbocycles. The summed E-state index contributed by atoms with van der Waals surface area (Å²) >= 11 is 13.2. The molecule has 1 aromatic rings. The van der Waals surface area contributed by atoms with Gasteiger partial charge in [0.25, 0.3) is 0 Å². The van der Waals surface area contributed by atoms with Gasteiger partial charge in [0, 0.05) is 3.57 Å². The summed E-state index contributed by atoms with van der Waals surface area (Å²) in [5.41, 5.74) is -0.0972. The Labute approximate surface area is 201 Å². The molecule has 1 aliphatic rings. The lowest BCUT2D eigenvalue weighted by Gasteiger charge is -2.33. The van der Waals surface area contributed by atoms with E-state index >= 15 is 0 Å². The number of benzene rings is 1. The van der Waals surface area contributed by atoms with Gasteiger partial charge in [-0.05, 0) is 66.3 Å². The number of hydrogen-bond acceptors (Lipinski definition) is 6. The van der Waals surface area contributed by atoms with Crippen LogP contribution in [0.1, 0.15) is 49.9 Å². The molecule has 170 valence electrons. The maximum atomic E-state index is 13.2. The van der Waals surface area contributed by atoms with Gasteiger partial charge in [-0.2, -0.15) is 0 Å². The molecule has 0 unspecified atom stereocenters. The zero-order valence-corrected chi connectivity index (χ0v) is 21.1. The Balaban J connectivity index is 2.27. The lowest BCUT2D eigenvalue weighted by molar-refractivity contribution is -0.0401. The predicted octanol–water partition coefficient (Wildman–Crippen LogP) is 5.60. The molecule has 1 aliphatic carbocycles. The number of carbonyl (C=O) groups excluding carboxylic acids is 1. The van der Waals surface area contributed by atoms with Gasteiger partial charge in [0.15, 0.2) is 11.5 Å². The molecule has 0 saturated heterocycles. The van der Waals surface area contributed by atoms with Crippen molar-refractivity contribution in [1.29, 1.82) is 0 Å². The topological polar surface area (TPSA) is 63.2 Å². The molecular formula is C21H29Cl2IO6. The van der Waals surface area contributed by atoms with Crippen molar-refractivity contribution in [1.82, 2.24) is 0 Å². The van der Waals surface area contributed by atoms with E-state index in [-0.39, 0.29) is 37.9 Å². The highest BCUT2D eigenvalue weighted by atomic mass is 127. The second-order valence-electron chi connectivity index (χ2n) is 7.33. The summed E-state index contributed by atoms with van der Waals surface area (Å²) in [6, 6.07) is 3.72. The van der Waals surface area contributed by atoms with Gasteiger partial charge in [0.05, 0.1) is 13.2 Å². The molecule has 0 amide bonds. The summed E-state index contributed by atoms with van der Waals surface area (Å²) in [7, 11) is 0. The lowest BCUT2D eigenvalue weighted by atomic mass is 9.88. The smallest absolute Gasteiger partial charge is 0.342 e. The highest BCUT2D eigenvalue weighted by molar-refractivity contribution is 14.1. The van der Waals surface area contributed by atoms with E-state index in [2.05, 4.69) is 36.4 Å². The van der Waals surface area contributed by atoms with Crippen LogP contribution < -0.4 is 9.47 Å². The molecule has 0 bridgehead atoms. The van der Waals surface area contributed by atoms with Crippen LogP contribution in [0.2, 0.25) is 0 Å². The first-order valence-corrected chi connectivity index (χ1v) is 12.2. The van der Waals surface area contributed by atoms with Crippen LogP contribution in [0.4, 0.5) is 0 Å². The number of esters is 1. The van der Waals surface area contributed by atoms with Crippen LogP contribution >= 0.6 is 45.8 Å². The van der Waals surface area contributed by atoms with Crippen LogP contribution in [0, 0.1) is 9.49 Å². The molecule has 0 spiro atoms. The first-order valence-electron chi connectivity index (χ1n) is 10.0. The molecule has 0 aromatic heterocycles. The van der Waals surface area contributed by atoms with E-state index in [1.54, 1.807) is 6.07 Å². The second-order valence-corrected chi connectivity index (χ2v) is 9.01. The van der Waals surface area contributed by atoms with Crippen LogP contribution in [-0.4, -0.2) is 50.1 Å². The van der Waals surface area contributed by atoms with Crippen LogP contribution in [0.15, 0.2) is 12.1 Å². The molecule has 6 nitrogen and oxygen atoms in total. The molecule has 30 heavy (non-hydrogen) atoms. The zero-order chi connectivity index (χ0) is 22.0. The molecule has 2 rings (SSSR count). The van der Waals surface area contributed by atoms with Crippen molar-refractivity contribution in [3.05, 3.63) is 21.3 Å². The highest BCUT2D eigenvalue weighted by Crippen LogP contribution is 2.41. The highest BCUT2D eigenvalue weighted by Gasteiger charge is 2.41. The van der Waals surface area contributed by atoms with Gasteiger partial charge < -0.3 is 23.7 Å². The number of alkyl halides is 2. The maximum absolute atomic E-state index is 13.2. The number of carbonyl (C=O) groups is 1. The molecule has 0 atom stereocenters. The number of ether oxygens (including phenoxy) is 5. The molecule has 0 radical (unpaired) electrons. The van der Waals surface area contributed by atoms with E-state index in [1.165, 1.54) is 0 Å². The third kappa shape index (κ3) is 7.29. The maximum Gasteiger partial charge on any atom is 0.342 e. The van der Waals surface area contributed by atoms with Crippen molar-refractivity contribution in [2.75, 3.05) is 38.6 Å². The van der Waals surface area contributed by atoms with Crippen LogP contribution in [0.3, 0.4) is 0 Å². The van der Waals surface area contributed by atoms with E-state index in [4.69, 9.17) is 46.9 Å². The quantitative estimate of drug-likeness (QED) is 0.132. The average molecular weight is 575 g/mol. The van der Waals surface area contributed by atoms with Gasteiger partial charge >= 0.3 is 5.97 Å². The Morgan fingerprint density at radius 3 is 2.20 bits per heavy atom. The summed E-state index contributed by atoms with van der Waals surface area (Å²) < 4.78 is 28.9. The minimum absolute atomic E-state index is 0.0704. The predicted molar refractivity (Wildman–Crippen MR) is 125 cm³/mol. The Kier molecular flexibility index (Phi) is 11.3. The molecule has 0 N–H and O–H groups in total. The molecule has 1 fully saturated rings. The summed E-state index contributed by atoms with van der Waals surface area (Å²) in [4.78, 5) is 13.2. The van der Waals surface area contributed by atoms with Gasteiger partial charge in [-0.15, -0.1) is 0 Å². The van der Waals surface area contributed by atoms with Crippen LogP contribution in [-0.2, 0) is 14.2 Å². The molecule has 0 aliphatic heterocycles. The summed E-state index contributed by atoms with van der Waals surface area (Å²) in [6.45, 7) is 5.29. The van der Waals surface area contributed by atoms with Crippen molar-refractivity contribution in [3.63, 3.8) is 0 Å². The van der Waals surface area contributed by atoms with E-state index in [0.29, 0.717) is 23.7 Å². The van der Waals surface area contributed by atoms with E-state index in [0.717, 1.165) is 29.3 Å². The fraction of sp³-hybridized carbons (Fsp3) is 0.667. The standard InChI is InChI=1S/C21H29Cl2IO6/c1-15(2)21(5-3-4-6-21)30-20(25)17-11-16(24)12-18(28-9-7-26-13-22)19(17)29-10-8-27-14-23/h11-12,15H,3-10,13-14H2,1-2H3. The number of rotatable bonds is 13. The van der Waals surface area contributed by atoms with E-state index in [1.807, 2.05) is 6.07 Å². The fourth-order valence-electron chi connectivity index (χ4n) is 3.51. The van der Waals surface area contributed by atoms with Crippen molar-refractivity contribution in [3.8, 4) is 11.5 Å². The molecule has 1 saturated carbocycles. The molecular weight excluding hydrogens is 546 g/mol. The first-order chi connectivity index (χ1) is 14.4. The van der Waals surface area contributed by atoms with Gasteiger partial charge in [0.2, 0.25) is 0 Å². The molecule has 9 heteroatoms. The van der Waals surface area contributed by atoms with Gasteiger partial charge in [-0.25, -0.2) is 4.79 Å². The summed E-state index contributed by atoms with van der Waals surface area (Å²) in [6.07, 6.45) is 3.87. The third-order valence-corrected chi connectivity index (χ3v) is 6.08. The Morgan fingerprint density at radius 2 is 1.63 bits per heavy atom. The van der Waals surface area contributed by atoms with Crippen molar-refractivity contribution >= 4 is 51.8 Å². The van der Waals surface area contributed by atoms with Crippen LogP contribution in [0.5, 0.6) is 11.5 Å². The largest absolute Gasteiger partial charge is 0.487 e. The number of halogens is 3. The van der Waals surface area contributed by atoms with Gasteiger partial charge in [-0.3, -0.25) is 0 Å². The summed E-state index contributed by atoms with van der Waals surface area (Å²) in [5, 5.41) is 0. The van der Waals surface area contributed by atoms with E-state index < -0.39 is 11.6 Å². The Hall–Kier alpha value is -0.480. The monoisotopic (exact) mass is 574 g/mol. The van der Waals surface area contributed by atoms with Crippen molar-refractivity contribution < 1.29 is 28.5 Å². The van der Waals surface area contributed by atoms with Gasteiger partial charge in [0.1, 0.15) is 36.5 Å². The Morgan fingerprint density at radius 1 is 1.03 bits per heavy atom.